The van der Waals surface area contributed by atoms with E-state index < -0.39 is 30.8 Å². The van der Waals surface area contributed by atoms with Gasteiger partial charge in [-0.05, 0) is 17.7 Å². The molecule has 1 aromatic rings. The molecule has 0 saturated carbocycles. The lowest BCUT2D eigenvalue weighted by Gasteiger charge is -2.16. The number of nitrogens with one attached hydrogen (secondary N) is 1. The van der Waals surface area contributed by atoms with Crippen LogP contribution in [0.5, 0.6) is 5.75 Å². The Hall–Kier alpha value is -2.32. The minimum Gasteiger partial charge on any atom is -0.491 e. The molecule has 1 rings (SSSR count). The molecule has 0 aromatic heterocycles. The second-order valence-electron chi connectivity index (χ2n) is 4.25. The van der Waals surface area contributed by atoms with Gasteiger partial charge in [0.25, 0.3) is 0 Å². The Balaban J connectivity index is 2.71. The van der Waals surface area contributed by atoms with E-state index in [1.54, 1.807) is 0 Å². The van der Waals surface area contributed by atoms with E-state index in [0.717, 1.165) is 0 Å². The summed E-state index contributed by atoms with van der Waals surface area (Å²) in [5, 5.41) is 10.3. The van der Waals surface area contributed by atoms with Crippen LogP contribution in [0.4, 0.5) is 17.6 Å². The molecule has 0 heterocycles. The molecule has 122 valence electrons. The van der Waals surface area contributed by atoms with Gasteiger partial charge >= 0.3 is 18.1 Å². The summed E-state index contributed by atoms with van der Waals surface area (Å²) in [4.78, 5) is 21.7. The quantitative estimate of drug-likeness (QED) is 0.749. The number of benzene rings is 1. The Morgan fingerprint density at radius 3 is 2.27 bits per heavy atom. The first-order valence-electron chi connectivity index (χ1n) is 6.12. The molecule has 1 aromatic carbocycles. The molecular weight excluding hydrogens is 310 g/mol. The van der Waals surface area contributed by atoms with Gasteiger partial charge in [0.15, 0.2) is 0 Å². The number of amides is 1. The minimum atomic E-state index is -5.15. The van der Waals surface area contributed by atoms with Gasteiger partial charge in [0.2, 0.25) is 0 Å². The summed E-state index contributed by atoms with van der Waals surface area (Å²) in [6.45, 7) is -0.814. The van der Waals surface area contributed by atoms with Gasteiger partial charge in [-0.25, -0.2) is 9.18 Å². The van der Waals surface area contributed by atoms with Crippen LogP contribution in [0.25, 0.3) is 0 Å². The van der Waals surface area contributed by atoms with Crippen LogP contribution >= 0.6 is 0 Å². The Morgan fingerprint density at radius 1 is 1.23 bits per heavy atom. The summed E-state index contributed by atoms with van der Waals surface area (Å²) >= 11 is 0. The lowest BCUT2D eigenvalue weighted by molar-refractivity contribution is -0.175. The monoisotopic (exact) mass is 323 g/mol. The summed E-state index contributed by atoms with van der Waals surface area (Å²) in [7, 11) is 0. The summed E-state index contributed by atoms with van der Waals surface area (Å²) in [5.41, 5.74) is 0.377. The third kappa shape index (κ3) is 5.58. The Kier molecular flexibility index (Phi) is 6.14. The largest absolute Gasteiger partial charge is 0.491 e. The van der Waals surface area contributed by atoms with Gasteiger partial charge in [-0.3, -0.25) is 4.79 Å². The van der Waals surface area contributed by atoms with Crippen molar-refractivity contribution in [2.24, 2.45) is 0 Å². The third-order valence-electron chi connectivity index (χ3n) is 2.57. The van der Waals surface area contributed by atoms with Crippen LogP contribution < -0.4 is 10.1 Å². The first-order valence-corrected chi connectivity index (χ1v) is 6.12. The zero-order valence-corrected chi connectivity index (χ0v) is 11.2. The predicted molar refractivity (Wildman–Crippen MR) is 67.2 cm³/mol. The predicted octanol–water partition coefficient (Wildman–Crippen LogP) is 1.71. The van der Waals surface area contributed by atoms with E-state index in [1.807, 2.05) is 0 Å². The average molecular weight is 323 g/mol. The summed E-state index contributed by atoms with van der Waals surface area (Å²) in [6, 6.07) is 3.98. The minimum absolute atomic E-state index is 0.140. The van der Waals surface area contributed by atoms with Crippen molar-refractivity contribution in [3.05, 3.63) is 29.8 Å². The number of ether oxygens (including phenoxy) is 1. The van der Waals surface area contributed by atoms with Crippen LogP contribution in [-0.2, 0) is 16.0 Å². The SMILES string of the molecule is O=C(O)[C@@H](Cc1ccc(OCCF)cc1)NC(=O)C(F)(F)F. The molecule has 5 nitrogen and oxygen atoms in total. The van der Waals surface area contributed by atoms with Crippen LogP contribution in [0.1, 0.15) is 5.56 Å². The maximum atomic E-state index is 12.1. The highest BCUT2D eigenvalue weighted by molar-refractivity contribution is 5.87. The molecule has 2 N–H and O–H groups in total. The van der Waals surface area contributed by atoms with Gasteiger partial charge in [-0.15, -0.1) is 0 Å². The molecule has 22 heavy (non-hydrogen) atoms. The van der Waals surface area contributed by atoms with Crippen molar-refractivity contribution in [1.29, 1.82) is 0 Å². The summed E-state index contributed by atoms with van der Waals surface area (Å²) < 4.78 is 53.3. The van der Waals surface area contributed by atoms with Crippen LogP contribution in [0.3, 0.4) is 0 Å². The van der Waals surface area contributed by atoms with E-state index in [4.69, 9.17) is 9.84 Å². The van der Waals surface area contributed by atoms with Gasteiger partial charge in [-0.1, -0.05) is 12.1 Å². The molecule has 0 aliphatic heterocycles. The second kappa shape index (κ2) is 7.62. The van der Waals surface area contributed by atoms with E-state index in [-0.39, 0.29) is 13.0 Å². The van der Waals surface area contributed by atoms with Crippen molar-refractivity contribution >= 4 is 11.9 Å². The van der Waals surface area contributed by atoms with Crippen molar-refractivity contribution in [3.63, 3.8) is 0 Å². The Morgan fingerprint density at radius 2 is 1.82 bits per heavy atom. The van der Waals surface area contributed by atoms with Crippen LogP contribution in [0, 0.1) is 0 Å². The van der Waals surface area contributed by atoms with E-state index in [9.17, 15) is 27.2 Å². The lowest BCUT2D eigenvalue weighted by atomic mass is 10.1. The number of carbonyl (C=O) groups excluding carboxylic acids is 1. The van der Waals surface area contributed by atoms with Crippen molar-refractivity contribution in [2.45, 2.75) is 18.6 Å². The molecule has 0 aliphatic carbocycles. The molecule has 1 atom stereocenters. The zero-order chi connectivity index (χ0) is 16.8. The molecule has 0 aliphatic rings. The fourth-order valence-corrected chi connectivity index (χ4v) is 1.55. The first kappa shape index (κ1) is 17.7. The molecule has 0 fully saturated rings. The first-order chi connectivity index (χ1) is 10.2. The summed E-state index contributed by atoms with van der Waals surface area (Å²) in [5.74, 6) is -3.56. The van der Waals surface area contributed by atoms with Crippen molar-refractivity contribution in [3.8, 4) is 5.75 Å². The van der Waals surface area contributed by atoms with Gasteiger partial charge in [0.05, 0.1) is 0 Å². The van der Waals surface area contributed by atoms with Crippen LogP contribution in [0.15, 0.2) is 24.3 Å². The van der Waals surface area contributed by atoms with Gasteiger partial charge < -0.3 is 15.2 Å². The number of hydrogen-bond donors (Lipinski definition) is 2. The molecule has 0 unspecified atom stereocenters. The maximum Gasteiger partial charge on any atom is 0.471 e. The van der Waals surface area contributed by atoms with Crippen molar-refractivity contribution in [2.75, 3.05) is 13.3 Å². The fourth-order valence-electron chi connectivity index (χ4n) is 1.55. The molecular formula is C13H13F4NO4. The van der Waals surface area contributed by atoms with E-state index >= 15 is 0 Å². The van der Waals surface area contributed by atoms with Gasteiger partial charge in [0, 0.05) is 6.42 Å². The topological polar surface area (TPSA) is 75.6 Å². The van der Waals surface area contributed by atoms with E-state index in [0.29, 0.717) is 11.3 Å². The lowest BCUT2D eigenvalue weighted by Crippen LogP contribution is -2.47. The molecule has 0 spiro atoms. The van der Waals surface area contributed by atoms with Gasteiger partial charge in [-0.2, -0.15) is 13.2 Å². The maximum absolute atomic E-state index is 12.1. The highest BCUT2D eigenvalue weighted by Crippen LogP contribution is 2.16. The fraction of sp³-hybridized carbons (Fsp3) is 0.385. The highest BCUT2D eigenvalue weighted by Gasteiger charge is 2.40. The number of aliphatic carboxylic acids is 1. The van der Waals surface area contributed by atoms with Crippen molar-refractivity contribution < 1.29 is 37.0 Å². The smallest absolute Gasteiger partial charge is 0.471 e. The number of carboxylic acids is 1. The zero-order valence-electron chi connectivity index (χ0n) is 11.2. The molecule has 9 heteroatoms. The number of halogens is 4. The van der Waals surface area contributed by atoms with Crippen molar-refractivity contribution in [1.82, 2.24) is 5.32 Å². The number of alkyl halides is 4. The van der Waals surface area contributed by atoms with Gasteiger partial charge in [0.1, 0.15) is 25.1 Å². The summed E-state index contributed by atoms with van der Waals surface area (Å²) in [6.07, 6.45) is -5.49. The molecule has 0 saturated heterocycles. The van der Waals surface area contributed by atoms with E-state index in [2.05, 4.69) is 0 Å². The number of rotatable bonds is 7. The Labute approximate surface area is 122 Å². The van der Waals surface area contributed by atoms with E-state index in [1.165, 1.54) is 29.6 Å². The number of carboxylic acid groups (broad SMARTS) is 1. The second-order valence-corrected chi connectivity index (χ2v) is 4.25. The highest BCUT2D eigenvalue weighted by atomic mass is 19.4. The standard InChI is InChI=1S/C13H13F4NO4/c14-5-6-22-9-3-1-8(2-4-9)7-10(11(19)20)18-12(21)13(15,16)17/h1-4,10H,5-7H2,(H,18,21)(H,19,20)/t10-/m1/s1. The molecule has 0 radical (unpaired) electrons. The molecule has 1 amide bonds. The van der Waals surface area contributed by atoms with Crippen LogP contribution in [-0.4, -0.2) is 42.5 Å². The molecule has 0 bridgehead atoms. The Bertz CT molecular complexity index is 516. The van der Waals surface area contributed by atoms with Crippen LogP contribution in [0.2, 0.25) is 0 Å². The third-order valence-corrected chi connectivity index (χ3v) is 2.57. The average Bonchev–Trinajstić information content (AvgIpc) is 2.44. The normalized spacial score (nSPS) is 12.5. The number of carbonyl (C=O) groups is 2. The number of hydrogen-bond acceptors (Lipinski definition) is 3.